The number of benzene rings is 1. The molecular weight excluding hydrogens is 435 g/mol. The number of hydrogen-bond acceptors (Lipinski definition) is 6. The van der Waals surface area contributed by atoms with Gasteiger partial charge in [0.25, 0.3) is 0 Å². The molecule has 0 saturated carbocycles. The quantitative estimate of drug-likeness (QED) is 0.368. The Kier molecular flexibility index (Phi) is 7.88. The molecule has 7 nitrogen and oxygen atoms in total. The number of alkyl halides is 3. The van der Waals surface area contributed by atoms with Gasteiger partial charge in [-0.1, -0.05) is 25.1 Å². The van der Waals surface area contributed by atoms with Gasteiger partial charge in [0, 0.05) is 29.7 Å². The zero-order valence-corrected chi connectivity index (χ0v) is 18.2. The predicted molar refractivity (Wildman–Crippen MR) is 111 cm³/mol. The van der Waals surface area contributed by atoms with Crippen LogP contribution in [0.15, 0.2) is 40.0 Å². The molecule has 3 amide bonds. The van der Waals surface area contributed by atoms with E-state index in [4.69, 9.17) is 4.84 Å². The molecule has 31 heavy (non-hydrogen) atoms. The number of halogens is 3. The molecule has 0 aliphatic carbocycles. The van der Waals surface area contributed by atoms with Crippen LogP contribution in [0, 0.1) is 5.92 Å². The van der Waals surface area contributed by atoms with Crippen LogP contribution in [0.25, 0.3) is 0 Å². The van der Waals surface area contributed by atoms with Crippen molar-refractivity contribution >= 4 is 41.6 Å². The van der Waals surface area contributed by atoms with Crippen LogP contribution in [0.2, 0.25) is 0 Å². The molecule has 1 aliphatic rings. The van der Waals surface area contributed by atoms with Gasteiger partial charge in [0.05, 0.1) is 17.3 Å². The van der Waals surface area contributed by atoms with Crippen molar-refractivity contribution in [2.45, 2.75) is 38.3 Å². The standard InChI is InChI=1S/C20H22F3N3O4S/c1-5-17(20(21,22)23)25(4)19(29)26(11-27)13-6-7-16-14(10-13)15(8-9-31-16)24-30-18(28)12(2)3/h5-7,10-12H,8-9H2,1-4H3/b17-5-,24-15+. The summed E-state index contributed by atoms with van der Waals surface area (Å²) in [6.45, 7) is 4.47. The first-order chi connectivity index (χ1) is 14.5. The van der Waals surface area contributed by atoms with Crippen LogP contribution in [0.1, 0.15) is 32.8 Å². The third kappa shape index (κ3) is 5.66. The minimum Gasteiger partial charge on any atom is -0.318 e. The summed E-state index contributed by atoms with van der Waals surface area (Å²) in [6, 6.07) is 3.39. The second kappa shape index (κ2) is 9.99. The van der Waals surface area contributed by atoms with E-state index in [2.05, 4.69) is 5.16 Å². The molecule has 0 saturated heterocycles. The highest BCUT2D eigenvalue weighted by Crippen LogP contribution is 2.34. The summed E-state index contributed by atoms with van der Waals surface area (Å²) >= 11 is 1.51. The van der Waals surface area contributed by atoms with E-state index in [0.29, 0.717) is 33.2 Å². The maximum absolute atomic E-state index is 13.2. The minimum atomic E-state index is -4.76. The number of imide groups is 1. The summed E-state index contributed by atoms with van der Waals surface area (Å²) in [5.41, 5.74) is -0.148. The van der Waals surface area contributed by atoms with Gasteiger partial charge in [0.1, 0.15) is 5.70 Å². The molecule has 0 unspecified atom stereocenters. The average Bonchev–Trinajstić information content (AvgIpc) is 2.71. The molecule has 1 heterocycles. The molecule has 168 valence electrons. The summed E-state index contributed by atoms with van der Waals surface area (Å²) < 4.78 is 39.5. The van der Waals surface area contributed by atoms with E-state index >= 15 is 0 Å². The van der Waals surface area contributed by atoms with E-state index in [1.165, 1.54) is 23.9 Å². The lowest BCUT2D eigenvalue weighted by Gasteiger charge is -2.27. The van der Waals surface area contributed by atoms with Crippen molar-refractivity contribution in [3.63, 3.8) is 0 Å². The molecule has 0 spiro atoms. The Morgan fingerprint density at radius 2 is 1.97 bits per heavy atom. The normalized spacial score (nSPS) is 15.5. The number of allylic oxidation sites excluding steroid dienone is 2. The van der Waals surface area contributed by atoms with E-state index in [9.17, 15) is 27.6 Å². The monoisotopic (exact) mass is 457 g/mol. The number of anilines is 1. The molecule has 0 aromatic heterocycles. The van der Waals surface area contributed by atoms with Gasteiger partial charge in [-0.15, -0.1) is 11.8 Å². The molecule has 11 heteroatoms. The number of fused-ring (bicyclic) bond motifs is 1. The number of nitrogens with zero attached hydrogens (tertiary/aromatic N) is 3. The van der Waals surface area contributed by atoms with E-state index in [1.54, 1.807) is 19.9 Å². The van der Waals surface area contributed by atoms with Gasteiger partial charge in [-0.05, 0) is 25.1 Å². The SMILES string of the molecule is C/C=C(\N(C)C(=O)N(C=O)c1ccc2c(c1)/C(=N/OC(=O)C(C)C)CCS2)C(F)(F)F. The largest absolute Gasteiger partial charge is 0.431 e. The van der Waals surface area contributed by atoms with Crippen LogP contribution < -0.4 is 4.90 Å². The number of carbonyl (C=O) groups excluding carboxylic acids is 3. The third-order valence-corrected chi connectivity index (χ3v) is 5.46. The average molecular weight is 457 g/mol. The van der Waals surface area contributed by atoms with Gasteiger partial charge in [-0.25, -0.2) is 14.5 Å². The molecule has 1 aliphatic heterocycles. The van der Waals surface area contributed by atoms with Gasteiger partial charge < -0.3 is 4.84 Å². The Labute approximate surface area is 181 Å². The first kappa shape index (κ1) is 24.4. The molecule has 0 radical (unpaired) electrons. The Balaban J connectivity index is 2.39. The highest BCUT2D eigenvalue weighted by molar-refractivity contribution is 7.99. The molecule has 0 fully saturated rings. The lowest BCUT2D eigenvalue weighted by atomic mass is 10.1. The van der Waals surface area contributed by atoms with Crippen molar-refractivity contribution in [3.8, 4) is 0 Å². The number of hydrogen-bond donors (Lipinski definition) is 0. The lowest BCUT2D eigenvalue weighted by molar-refractivity contribution is -0.147. The number of amides is 3. The van der Waals surface area contributed by atoms with Crippen molar-refractivity contribution in [2.75, 3.05) is 17.7 Å². The molecular formula is C20H22F3N3O4S. The summed E-state index contributed by atoms with van der Waals surface area (Å²) in [4.78, 5) is 42.6. The van der Waals surface area contributed by atoms with Crippen LogP contribution in [-0.4, -0.2) is 48.0 Å². The summed E-state index contributed by atoms with van der Waals surface area (Å²) in [7, 11) is 0.939. The van der Waals surface area contributed by atoms with Crippen LogP contribution in [0.4, 0.5) is 23.7 Å². The fourth-order valence-electron chi connectivity index (χ4n) is 2.74. The Bertz CT molecular complexity index is 929. The smallest absolute Gasteiger partial charge is 0.318 e. The van der Waals surface area contributed by atoms with Crippen LogP contribution >= 0.6 is 11.8 Å². The molecule has 1 aromatic carbocycles. The Morgan fingerprint density at radius 3 is 2.52 bits per heavy atom. The highest BCUT2D eigenvalue weighted by atomic mass is 32.2. The minimum absolute atomic E-state index is 0.0635. The van der Waals surface area contributed by atoms with Gasteiger partial charge >= 0.3 is 18.2 Å². The molecule has 2 rings (SSSR count). The molecule has 0 bridgehead atoms. The van der Waals surface area contributed by atoms with Crippen molar-refractivity contribution in [1.82, 2.24) is 4.90 Å². The first-order valence-electron chi connectivity index (χ1n) is 9.31. The fourth-order valence-corrected chi connectivity index (χ4v) is 3.75. The number of carbonyl (C=O) groups is 3. The van der Waals surface area contributed by atoms with E-state index in [0.717, 1.165) is 24.9 Å². The van der Waals surface area contributed by atoms with Gasteiger partial charge in [-0.2, -0.15) is 13.2 Å². The van der Waals surface area contributed by atoms with Gasteiger partial charge in [0.15, 0.2) is 0 Å². The maximum atomic E-state index is 13.2. The predicted octanol–water partition coefficient (Wildman–Crippen LogP) is 4.57. The van der Waals surface area contributed by atoms with Crippen molar-refractivity contribution in [3.05, 3.63) is 35.5 Å². The van der Waals surface area contributed by atoms with Gasteiger partial charge in [-0.3, -0.25) is 9.69 Å². The molecule has 0 N–H and O–H groups in total. The van der Waals surface area contributed by atoms with Crippen molar-refractivity contribution < 1.29 is 32.4 Å². The second-order valence-electron chi connectivity index (χ2n) is 6.87. The Hall–Kier alpha value is -2.82. The topological polar surface area (TPSA) is 79.3 Å². The molecule has 1 aromatic rings. The zero-order valence-electron chi connectivity index (χ0n) is 17.4. The molecule has 0 atom stereocenters. The fraction of sp³-hybridized carbons (Fsp3) is 0.400. The summed E-state index contributed by atoms with van der Waals surface area (Å²) in [5, 5.41) is 3.92. The van der Waals surface area contributed by atoms with Crippen molar-refractivity contribution in [1.29, 1.82) is 0 Å². The van der Waals surface area contributed by atoms with E-state index in [1.807, 2.05) is 0 Å². The number of rotatable bonds is 5. The second-order valence-corrected chi connectivity index (χ2v) is 8.01. The lowest BCUT2D eigenvalue weighted by Crippen LogP contribution is -2.43. The first-order valence-corrected chi connectivity index (χ1v) is 10.3. The number of urea groups is 1. The third-order valence-electron chi connectivity index (χ3n) is 4.39. The Morgan fingerprint density at radius 1 is 1.29 bits per heavy atom. The number of thioether (sulfide) groups is 1. The highest BCUT2D eigenvalue weighted by Gasteiger charge is 2.39. The summed E-state index contributed by atoms with van der Waals surface area (Å²) in [5.74, 6) is -0.207. The number of oxime groups is 1. The maximum Gasteiger partial charge on any atom is 0.431 e. The summed E-state index contributed by atoms with van der Waals surface area (Å²) in [6.07, 6.45) is -3.40. The van der Waals surface area contributed by atoms with Gasteiger partial charge in [0.2, 0.25) is 6.41 Å². The van der Waals surface area contributed by atoms with E-state index in [-0.39, 0.29) is 18.0 Å². The van der Waals surface area contributed by atoms with Crippen molar-refractivity contribution in [2.24, 2.45) is 11.1 Å². The van der Waals surface area contributed by atoms with Crippen LogP contribution in [0.3, 0.4) is 0 Å². The van der Waals surface area contributed by atoms with E-state index < -0.39 is 23.9 Å². The zero-order chi connectivity index (χ0) is 23.3. The van der Waals surface area contributed by atoms with Crippen LogP contribution in [-0.2, 0) is 14.4 Å². The van der Waals surface area contributed by atoms with Crippen LogP contribution in [0.5, 0.6) is 0 Å².